The Bertz CT molecular complexity index is 1350. The van der Waals surface area contributed by atoms with E-state index < -0.39 is 60.3 Å². The molecule has 0 aromatic heterocycles. The molecular formula is C30H36F3N5O6. The maximum Gasteiger partial charge on any atom is 0.422 e. The number of hydrogen-bond donors (Lipinski definition) is 4. The number of halogens is 3. The van der Waals surface area contributed by atoms with Gasteiger partial charge in [-0.2, -0.15) is 13.2 Å². The fourth-order valence-corrected chi connectivity index (χ4v) is 4.44. The van der Waals surface area contributed by atoms with Crippen LogP contribution in [-0.4, -0.2) is 71.7 Å². The molecule has 3 atom stereocenters. The summed E-state index contributed by atoms with van der Waals surface area (Å²) in [6.45, 7) is 5.31. The second kappa shape index (κ2) is 14.2. The first-order valence-corrected chi connectivity index (χ1v) is 13.8. The fourth-order valence-electron chi connectivity index (χ4n) is 4.44. The Morgan fingerprint density at radius 2 is 1.66 bits per heavy atom. The van der Waals surface area contributed by atoms with Crippen LogP contribution in [0.2, 0.25) is 0 Å². The van der Waals surface area contributed by atoms with Gasteiger partial charge in [0.2, 0.25) is 11.8 Å². The molecule has 0 spiro atoms. The summed E-state index contributed by atoms with van der Waals surface area (Å²) < 4.78 is 46.1. The number of ether oxygens (including phenoxy) is 2. The Balaban J connectivity index is 1.54. The van der Waals surface area contributed by atoms with E-state index in [-0.39, 0.29) is 24.6 Å². The molecule has 2 aromatic rings. The maximum absolute atomic E-state index is 13.3. The molecule has 14 heteroatoms. The summed E-state index contributed by atoms with van der Waals surface area (Å²) in [4.78, 5) is 51.9. The molecule has 0 unspecified atom stereocenters. The van der Waals surface area contributed by atoms with E-state index in [0.29, 0.717) is 12.0 Å². The van der Waals surface area contributed by atoms with Gasteiger partial charge in [0.15, 0.2) is 6.61 Å². The van der Waals surface area contributed by atoms with Crippen molar-refractivity contribution in [3.63, 3.8) is 0 Å². The van der Waals surface area contributed by atoms with Crippen molar-refractivity contribution in [1.29, 1.82) is 5.41 Å². The first-order valence-electron chi connectivity index (χ1n) is 13.8. The molecule has 4 amide bonds. The fraction of sp³-hybridized carbons (Fsp3) is 0.433. The number of benzene rings is 2. The summed E-state index contributed by atoms with van der Waals surface area (Å²) in [6, 6.07) is 13.7. The number of nitrogens with one attached hydrogen (secondary N) is 4. The van der Waals surface area contributed by atoms with Gasteiger partial charge in [0.05, 0.1) is 0 Å². The first kappa shape index (κ1) is 33.9. The molecule has 11 nitrogen and oxygen atoms in total. The van der Waals surface area contributed by atoms with Gasteiger partial charge in [-0.25, -0.2) is 9.59 Å². The van der Waals surface area contributed by atoms with Crippen molar-refractivity contribution < 1.29 is 41.8 Å². The normalized spacial score (nSPS) is 17.3. The van der Waals surface area contributed by atoms with Crippen LogP contribution in [0.5, 0.6) is 0 Å². The van der Waals surface area contributed by atoms with E-state index in [1.807, 2.05) is 35.6 Å². The van der Waals surface area contributed by atoms with E-state index in [4.69, 9.17) is 10.1 Å². The molecule has 1 aliphatic heterocycles. The van der Waals surface area contributed by atoms with Crippen LogP contribution in [0.15, 0.2) is 54.6 Å². The molecule has 238 valence electrons. The SMILES string of the molecule is C[C@H](NC(=O)[C@H]1C[C@H](c2ccccc2)CN1C(=O)OC(C)(C)C)C(=O)NCc1ccc(C(=N)NC(=O)OCC(F)(F)F)cc1. The Hall–Kier alpha value is -4.62. The van der Waals surface area contributed by atoms with Crippen molar-refractivity contribution in [1.82, 2.24) is 20.9 Å². The molecule has 1 saturated heterocycles. The molecule has 44 heavy (non-hydrogen) atoms. The molecule has 1 heterocycles. The van der Waals surface area contributed by atoms with Gasteiger partial charge in [-0.1, -0.05) is 54.6 Å². The largest absolute Gasteiger partial charge is 0.444 e. The molecule has 3 rings (SSSR count). The van der Waals surface area contributed by atoms with E-state index in [1.165, 1.54) is 24.0 Å². The van der Waals surface area contributed by atoms with Crippen molar-refractivity contribution in [2.45, 2.75) is 70.4 Å². The molecule has 0 radical (unpaired) electrons. The monoisotopic (exact) mass is 619 g/mol. The van der Waals surface area contributed by atoms with Crippen LogP contribution < -0.4 is 16.0 Å². The Morgan fingerprint density at radius 1 is 1.02 bits per heavy atom. The van der Waals surface area contributed by atoms with Gasteiger partial charge in [-0.3, -0.25) is 25.2 Å². The number of alkyl carbamates (subject to hydrolysis) is 1. The highest BCUT2D eigenvalue weighted by Gasteiger charge is 2.42. The highest BCUT2D eigenvalue weighted by molar-refractivity contribution is 6.04. The van der Waals surface area contributed by atoms with Crippen LogP contribution in [0.1, 0.15) is 56.7 Å². The lowest BCUT2D eigenvalue weighted by molar-refractivity contribution is -0.160. The zero-order valence-electron chi connectivity index (χ0n) is 24.8. The minimum absolute atomic E-state index is 0.0667. The minimum atomic E-state index is -4.69. The zero-order chi connectivity index (χ0) is 32.7. The van der Waals surface area contributed by atoms with Gasteiger partial charge in [-0.15, -0.1) is 0 Å². The molecule has 1 aliphatic rings. The van der Waals surface area contributed by atoms with Crippen LogP contribution in [0, 0.1) is 5.41 Å². The minimum Gasteiger partial charge on any atom is -0.444 e. The lowest BCUT2D eigenvalue weighted by atomic mass is 9.96. The van der Waals surface area contributed by atoms with E-state index in [0.717, 1.165) is 5.56 Å². The maximum atomic E-state index is 13.3. The van der Waals surface area contributed by atoms with Crippen LogP contribution in [0.3, 0.4) is 0 Å². The third-order valence-corrected chi connectivity index (χ3v) is 6.56. The summed E-state index contributed by atoms with van der Waals surface area (Å²) in [5.41, 5.74) is 1.05. The third-order valence-electron chi connectivity index (χ3n) is 6.56. The number of carbonyl (C=O) groups is 4. The van der Waals surface area contributed by atoms with Gasteiger partial charge < -0.3 is 20.1 Å². The van der Waals surface area contributed by atoms with E-state index in [2.05, 4.69) is 15.4 Å². The molecule has 1 fully saturated rings. The zero-order valence-corrected chi connectivity index (χ0v) is 24.8. The average Bonchev–Trinajstić information content (AvgIpc) is 3.40. The number of hydrogen-bond acceptors (Lipinski definition) is 7. The van der Waals surface area contributed by atoms with Crippen LogP contribution in [0.25, 0.3) is 0 Å². The molecule has 2 aromatic carbocycles. The van der Waals surface area contributed by atoms with Gasteiger partial charge in [-0.05, 0) is 45.2 Å². The number of amidine groups is 1. The highest BCUT2D eigenvalue weighted by Crippen LogP contribution is 2.33. The van der Waals surface area contributed by atoms with Crippen LogP contribution in [-0.2, 0) is 25.6 Å². The van der Waals surface area contributed by atoms with Crippen molar-refractivity contribution in [2.75, 3.05) is 13.2 Å². The highest BCUT2D eigenvalue weighted by atomic mass is 19.4. The summed E-state index contributed by atoms with van der Waals surface area (Å²) >= 11 is 0. The second-order valence-corrected chi connectivity index (χ2v) is 11.3. The van der Waals surface area contributed by atoms with Gasteiger partial charge in [0.25, 0.3) is 0 Å². The standard InChI is InChI=1S/C30H36F3N5O6/c1-18(25(39)35-15-19-10-12-21(13-11-19)24(34)37-27(41)43-17-30(31,32)33)36-26(40)23-14-22(20-8-6-5-7-9-20)16-38(23)28(42)44-29(2,3)4/h5-13,18,22-23H,14-17H2,1-4H3,(H,35,39)(H,36,40)(H2,34,37,41)/t18-,22-,23+/m0/s1. The summed E-state index contributed by atoms with van der Waals surface area (Å²) in [6.07, 6.45) is -6.35. The van der Waals surface area contributed by atoms with Gasteiger partial charge >= 0.3 is 18.4 Å². The predicted octanol–water partition coefficient (Wildman–Crippen LogP) is 4.21. The Kier molecular flexibility index (Phi) is 11.0. The smallest absolute Gasteiger partial charge is 0.422 e. The second-order valence-electron chi connectivity index (χ2n) is 11.3. The summed E-state index contributed by atoms with van der Waals surface area (Å²) in [5, 5.41) is 15.1. The lowest BCUT2D eigenvalue weighted by Gasteiger charge is -2.28. The molecule has 4 N–H and O–H groups in total. The molecule has 0 aliphatic carbocycles. The summed E-state index contributed by atoms with van der Waals surface area (Å²) in [5.74, 6) is -1.52. The number of likely N-dealkylation sites (tertiary alicyclic amines) is 1. The number of alkyl halides is 3. The third kappa shape index (κ3) is 10.3. The van der Waals surface area contributed by atoms with Gasteiger partial charge in [0, 0.05) is 24.6 Å². The lowest BCUT2D eigenvalue weighted by Crippen LogP contribution is -2.52. The quantitative estimate of drug-likeness (QED) is 0.257. The van der Waals surface area contributed by atoms with Crippen molar-refractivity contribution >= 4 is 29.8 Å². The number of carbonyl (C=O) groups excluding carboxylic acids is 4. The number of rotatable bonds is 8. The Morgan fingerprint density at radius 3 is 2.25 bits per heavy atom. The first-order chi connectivity index (χ1) is 20.5. The average molecular weight is 620 g/mol. The van der Waals surface area contributed by atoms with E-state index in [1.54, 1.807) is 32.9 Å². The van der Waals surface area contributed by atoms with Gasteiger partial charge in [0.1, 0.15) is 23.5 Å². The number of amides is 4. The molecular weight excluding hydrogens is 583 g/mol. The topological polar surface area (TPSA) is 150 Å². The van der Waals surface area contributed by atoms with E-state index >= 15 is 0 Å². The van der Waals surface area contributed by atoms with Crippen molar-refractivity contribution in [2.24, 2.45) is 0 Å². The van der Waals surface area contributed by atoms with Crippen molar-refractivity contribution in [3.05, 3.63) is 71.3 Å². The van der Waals surface area contributed by atoms with E-state index in [9.17, 15) is 32.3 Å². The predicted molar refractivity (Wildman–Crippen MR) is 154 cm³/mol. The van der Waals surface area contributed by atoms with Crippen molar-refractivity contribution in [3.8, 4) is 0 Å². The summed E-state index contributed by atoms with van der Waals surface area (Å²) in [7, 11) is 0. The Labute approximate surface area is 253 Å². The van der Waals surface area contributed by atoms with Crippen LogP contribution in [0.4, 0.5) is 22.8 Å². The number of nitrogens with zero attached hydrogens (tertiary/aromatic N) is 1. The van der Waals surface area contributed by atoms with Crippen LogP contribution >= 0.6 is 0 Å². The molecule has 0 saturated carbocycles. The molecule has 0 bridgehead atoms.